The number of ether oxygens (including phenoxy) is 3. The van der Waals surface area contributed by atoms with Crippen molar-refractivity contribution in [1.82, 2.24) is 24.6 Å². The molecule has 0 atom stereocenters. The molecule has 2 aliphatic rings. The molecule has 0 spiro atoms. The Balaban J connectivity index is 1.38. The van der Waals surface area contributed by atoms with Crippen LogP contribution in [-0.2, 0) is 4.79 Å². The van der Waals surface area contributed by atoms with E-state index in [1.54, 1.807) is 38.4 Å². The van der Waals surface area contributed by atoms with Crippen molar-refractivity contribution in [3.05, 3.63) is 43.0 Å². The van der Waals surface area contributed by atoms with Gasteiger partial charge in [-0.2, -0.15) is 5.10 Å². The number of rotatable bonds is 3. The number of carbonyl (C=O) groups is 1. The third-order valence-electron chi connectivity index (χ3n) is 5.22. The molecule has 6 rings (SSSR count). The first kappa shape index (κ1) is 20.1. The van der Waals surface area contributed by atoms with Crippen molar-refractivity contribution in [3.63, 3.8) is 0 Å². The van der Waals surface area contributed by atoms with Gasteiger partial charge in [0.05, 0.1) is 11.9 Å². The quantitative estimate of drug-likeness (QED) is 0.467. The molecule has 3 aromatic heterocycles. The van der Waals surface area contributed by atoms with E-state index in [1.165, 1.54) is 23.0 Å². The molecule has 0 fully saturated rings. The minimum Gasteiger partial charge on any atom is -0.474 e. The number of alkyl halides is 2. The number of nitrogens with one attached hydrogen (secondary N) is 2. The van der Waals surface area contributed by atoms with Crippen LogP contribution in [0.15, 0.2) is 43.0 Å². The number of anilines is 3. The second-order valence-corrected chi connectivity index (χ2v) is 8.09. The maximum absolute atomic E-state index is 13.4. The maximum atomic E-state index is 13.4. The van der Waals surface area contributed by atoms with E-state index >= 15 is 0 Å². The Hall–Kier alpha value is -4.55. The van der Waals surface area contributed by atoms with E-state index in [1.807, 2.05) is 0 Å². The van der Waals surface area contributed by atoms with Gasteiger partial charge in [0, 0.05) is 23.5 Å². The molecule has 0 saturated heterocycles. The summed E-state index contributed by atoms with van der Waals surface area (Å²) < 4.78 is 43.0. The Kier molecular flexibility index (Phi) is 3.97. The zero-order valence-corrected chi connectivity index (χ0v) is 17.7. The first-order chi connectivity index (χ1) is 16.2. The second kappa shape index (κ2) is 6.73. The van der Waals surface area contributed by atoms with Gasteiger partial charge in [-0.1, -0.05) is 0 Å². The third kappa shape index (κ3) is 3.29. The molecule has 2 N–H and O–H groups in total. The first-order valence-corrected chi connectivity index (χ1v) is 10.1. The van der Waals surface area contributed by atoms with Gasteiger partial charge in [0.1, 0.15) is 6.33 Å². The van der Waals surface area contributed by atoms with Crippen LogP contribution in [0.1, 0.15) is 13.8 Å². The molecule has 13 heteroatoms. The Morgan fingerprint density at radius 1 is 1.06 bits per heavy atom. The minimum absolute atomic E-state index is 0.0694. The van der Waals surface area contributed by atoms with Crippen molar-refractivity contribution >= 4 is 28.9 Å². The van der Waals surface area contributed by atoms with Gasteiger partial charge in [0.2, 0.25) is 0 Å². The van der Waals surface area contributed by atoms with Crippen LogP contribution >= 0.6 is 0 Å². The summed E-state index contributed by atoms with van der Waals surface area (Å²) in [5.41, 5.74) is 0.838. The molecule has 1 aromatic carbocycles. The fourth-order valence-corrected chi connectivity index (χ4v) is 3.55. The fourth-order valence-electron chi connectivity index (χ4n) is 3.55. The van der Waals surface area contributed by atoms with Crippen LogP contribution < -0.4 is 24.8 Å². The van der Waals surface area contributed by atoms with E-state index in [-0.39, 0.29) is 17.4 Å². The summed E-state index contributed by atoms with van der Waals surface area (Å²) >= 11 is 0. The van der Waals surface area contributed by atoms with Gasteiger partial charge in [-0.15, -0.1) is 8.78 Å². The minimum atomic E-state index is -3.71. The van der Waals surface area contributed by atoms with E-state index in [0.717, 1.165) is 0 Å². The molecule has 0 radical (unpaired) electrons. The average Bonchev–Trinajstić information content (AvgIpc) is 3.36. The second-order valence-electron chi connectivity index (χ2n) is 8.09. The monoisotopic (exact) mass is 467 g/mol. The van der Waals surface area contributed by atoms with Gasteiger partial charge >= 0.3 is 6.29 Å². The van der Waals surface area contributed by atoms with Crippen LogP contribution in [0.3, 0.4) is 0 Å². The average molecular weight is 467 g/mol. The number of benzene rings is 1. The number of nitrogens with zero attached hydrogens (tertiary/aromatic N) is 5. The number of carbonyl (C=O) groups excluding carboxylic acids is 1. The van der Waals surface area contributed by atoms with Crippen molar-refractivity contribution in [2.75, 3.05) is 10.6 Å². The van der Waals surface area contributed by atoms with Crippen molar-refractivity contribution in [3.8, 4) is 28.5 Å². The summed E-state index contributed by atoms with van der Waals surface area (Å²) in [5, 5.41) is 9.95. The molecule has 172 valence electrons. The van der Waals surface area contributed by atoms with Crippen LogP contribution in [-0.4, -0.2) is 42.4 Å². The van der Waals surface area contributed by atoms with E-state index in [4.69, 9.17) is 4.74 Å². The van der Waals surface area contributed by atoms with Gasteiger partial charge < -0.3 is 24.8 Å². The van der Waals surface area contributed by atoms with Gasteiger partial charge in [-0.3, -0.25) is 4.79 Å². The predicted molar refractivity (Wildman–Crippen MR) is 113 cm³/mol. The number of aromatic nitrogens is 5. The van der Waals surface area contributed by atoms with Crippen molar-refractivity contribution in [2.45, 2.75) is 25.7 Å². The fraction of sp³-hybridized carbons (Fsp3) is 0.190. The third-order valence-corrected chi connectivity index (χ3v) is 5.22. The molecular weight excluding hydrogens is 452 g/mol. The van der Waals surface area contributed by atoms with Crippen LogP contribution in [0.25, 0.3) is 16.9 Å². The lowest BCUT2D eigenvalue weighted by Crippen LogP contribution is -2.45. The lowest BCUT2D eigenvalue weighted by Gasteiger charge is -2.30. The van der Waals surface area contributed by atoms with Gasteiger partial charge in [-0.25, -0.2) is 19.5 Å². The summed E-state index contributed by atoms with van der Waals surface area (Å²) in [6.07, 6.45) is 0.843. The van der Waals surface area contributed by atoms with E-state index in [2.05, 4.69) is 40.2 Å². The normalized spacial score (nSPS) is 17.1. The first-order valence-electron chi connectivity index (χ1n) is 10.1. The van der Waals surface area contributed by atoms with Gasteiger partial charge in [0.25, 0.3) is 5.91 Å². The van der Waals surface area contributed by atoms with Crippen molar-refractivity contribution in [1.29, 1.82) is 0 Å². The zero-order chi connectivity index (χ0) is 23.7. The highest BCUT2D eigenvalue weighted by atomic mass is 19.3. The standard InChI is InChI=1S/C21H15F2N7O4/c1-20(2)19(31)29-16-15(32-20)5-10(7-24-16)12-8-30-18(25-9-26-30)17(28-12)27-11-3-4-13-14(6-11)34-21(22,23)33-13/h3-9H,1-2H3,(H,27,28)(H,24,29,31). The van der Waals surface area contributed by atoms with E-state index in [9.17, 15) is 13.6 Å². The lowest BCUT2D eigenvalue weighted by atomic mass is 10.1. The molecule has 5 heterocycles. The molecule has 0 aliphatic carbocycles. The topological polar surface area (TPSA) is 125 Å². The smallest absolute Gasteiger partial charge is 0.474 e. The molecule has 4 aromatic rings. The molecule has 0 unspecified atom stereocenters. The summed E-state index contributed by atoms with van der Waals surface area (Å²) in [4.78, 5) is 25.2. The summed E-state index contributed by atoms with van der Waals surface area (Å²) in [5.74, 6) is 0.548. The largest absolute Gasteiger partial charge is 0.586 e. The highest BCUT2D eigenvalue weighted by molar-refractivity contribution is 5.99. The number of pyridine rings is 1. The highest BCUT2D eigenvalue weighted by Crippen LogP contribution is 2.43. The SMILES string of the molecule is CC1(C)Oc2cc(-c3cn4ncnc4c(Nc4ccc5c(c4)OC(F)(F)O5)n3)cnc2NC1=O. The molecule has 1 amide bonds. The van der Waals surface area contributed by atoms with Gasteiger partial charge in [-0.05, 0) is 32.0 Å². The molecule has 0 bridgehead atoms. The number of amides is 1. The Bertz CT molecular complexity index is 1490. The number of hydrogen-bond acceptors (Lipinski definition) is 9. The maximum Gasteiger partial charge on any atom is 0.586 e. The lowest BCUT2D eigenvalue weighted by molar-refractivity contribution is -0.286. The molecule has 2 aliphatic heterocycles. The van der Waals surface area contributed by atoms with Gasteiger partial charge in [0.15, 0.2) is 40.1 Å². The van der Waals surface area contributed by atoms with Crippen LogP contribution in [0, 0.1) is 0 Å². The van der Waals surface area contributed by atoms with Crippen LogP contribution in [0.2, 0.25) is 0 Å². The highest BCUT2D eigenvalue weighted by Gasteiger charge is 2.43. The van der Waals surface area contributed by atoms with Crippen molar-refractivity contribution < 1.29 is 27.8 Å². The van der Waals surface area contributed by atoms with E-state index in [0.29, 0.717) is 40.0 Å². The zero-order valence-electron chi connectivity index (χ0n) is 17.7. The Labute approximate surface area is 189 Å². The van der Waals surface area contributed by atoms with Crippen LogP contribution in [0.5, 0.6) is 17.2 Å². The molecule has 0 saturated carbocycles. The summed E-state index contributed by atoms with van der Waals surface area (Å²) in [7, 11) is 0. The Morgan fingerprint density at radius 3 is 2.74 bits per heavy atom. The summed E-state index contributed by atoms with van der Waals surface area (Å²) in [6.45, 7) is 3.31. The molecular formula is C21H15F2N7O4. The van der Waals surface area contributed by atoms with Crippen LogP contribution in [0.4, 0.5) is 26.1 Å². The molecule has 11 nitrogen and oxygen atoms in total. The summed E-state index contributed by atoms with van der Waals surface area (Å²) in [6, 6.07) is 5.99. The van der Waals surface area contributed by atoms with E-state index < -0.39 is 11.9 Å². The van der Waals surface area contributed by atoms with Crippen molar-refractivity contribution in [2.24, 2.45) is 0 Å². The number of halogens is 2. The number of hydrogen-bond donors (Lipinski definition) is 2. The number of fused-ring (bicyclic) bond motifs is 3. The molecule has 34 heavy (non-hydrogen) atoms. The predicted octanol–water partition coefficient (Wildman–Crippen LogP) is 3.36. The Morgan fingerprint density at radius 2 is 1.88 bits per heavy atom.